The Morgan fingerprint density at radius 1 is 1.03 bits per heavy atom. The van der Waals surface area contributed by atoms with Gasteiger partial charge < -0.3 is 19.7 Å². The highest BCUT2D eigenvalue weighted by Gasteiger charge is 2.27. The molecule has 0 spiro atoms. The van der Waals surface area contributed by atoms with Gasteiger partial charge in [0.05, 0.1) is 13.7 Å². The molecular formula is C23H31FN2O4. The number of methoxy groups -OCH3 is 1. The van der Waals surface area contributed by atoms with Gasteiger partial charge in [-0.25, -0.2) is 4.39 Å². The molecule has 7 heteroatoms. The largest absolute Gasteiger partial charge is 0.497 e. The fourth-order valence-corrected chi connectivity index (χ4v) is 3.89. The van der Waals surface area contributed by atoms with Crippen molar-refractivity contribution in [2.45, 2.75) is 25.6 Å². The molecule has 0 bridgehead atoms. The van der Waals surface area contributed by atoms with Crippen LogP contribution in [0.25, 0.3) is 0 Å². The van der Waals surface area contributed by atoms with Gasteiger partial charge in [-0.2, -0.15) is 0 Å². The number of aliphatic hydroxyl groups is 2. The predicted molar refractivity (Wildman–Crippen MR) is 113 cm³/mol. The number of piperazine rings is 1. The molecule has 1 saturated heterocycles. The van der Waals surface area contributed by atoms with E-state index in [4.69, 9.17) is 14.6 Å². The van der Waals surface area contributed by atoms with Gasteiger partial charge in [0.15, 0.2) is 0 Å². The summed E-state index contributed by atoms with van der Waals surface area (Å²) in [5.74, 6) is 1.000. The van der Waals surface area contributed by atoms with Crippen LogP contribution in [-0.4, -0.2) is 72.6 Å². The Hall–Kier alpha value is -2.19. The summed E-state index contributed by atoms with van der Waals surface area (Å²) in [6, 6.07) is 13.0. The predicted octanol–water partition coefficient (Wildman–Crippen LogP) is 2.27. The van der Waals surface area contributed by atoms with E-state index in [1.54, 1.807) is 12.1 Å². The number of nitrogens with zero attached hydrogens (tertiary/aromatic N) is 2. The summed E-state index contributed by atoms with van der Waals surface area (Å²) in [7, 11) is 1.53. The average molecular weight is 419 g/mol. The molecule has 1 aliphatic heterocycles. The summed E-state index contributed by atoms with van der Waals surface area (Å²) in [5.41, 5.74) is 1.78. The van der Waals surface area contributed by atoms with E-state index in [0.29, 0.717) is 24.3 Å². The van der Waals surface area contributed by atoms with Gasteiger partial charge in [-0.1, -0.05) is 18.2 Å². The van der Waals surface area contributed by atoms with Gasteiger partial charge in [-0.15, -0.1) is 0 Å². The van der Waals surface area contributed by atoms with Crippen LogP contribution in [0.4, 0.5) is 4.39 Å². The molecule has 1 heterocycles. The molecule has 30 heavy (non-hydrogen) atoms. The zero-order valence-corrected chi connectivity index (χ0v) is 17.5. The molecule has 0 unspecified atom stereocenters. The number of ether oxygens (including phenoxy) is 2. The molecule has 0 aromatic heterocycles. The second kappa shape index (κ2) is 11.3. The summed E-state index contributed by atoms with van der Waals surface area (Å²) < 4.78 is 25.0. The SMILES string of the molecule is COc1ccc(CN2CCN(Cc3cccc(OCCO)c3)C[C@@H]2CCO)c(F)c1. The minimum atomic E-state index is -0.265. The summed E-state index contributed by atoms with van der Waals surface area (Å²) in [5, 5.41) is 18.5. The zero-order chi connectivity index (χ0) is 21.3. The Morgan fingerprint density at radius 3 is 2.63 bits per heavy atom. The minimum absolute atomic E-state index is 0.0101. The van der Waals surface area contributed by atoms with E-state index in [-0.39, 0.29) is 31.7 Å². The van der Waals surface area contributed by atoms with Crippen LogP contribution in [0.2, 0.25) is 0 Å². The molecule has 1 aliphatic rings. The van der Waals surface area contributed by atoms with Gasteiger partial charge >= 0.3 is 0 Å². The van der Waals surface area contributed by atoms with Crippen LogP contribution in [0.5, 0.6) is 11.5 Å². The first-order valence-electron chi connectivity index (χ1n) is 10.3. The van der Waals surface area contributed by atoms with E-state index in [1.807, 2.05) is 18.2 Å². The van der Waals surface area contributed by atoms with Crippen LogP contribution < -0.4 is 9.47 Å². The van der Waals surface area contributed by atoms with Crippen molar-refractivity contribution >= 4 is 0 Å². The third-order valence-electron chi connectivity index (χ3n) is 5.45. The van der Waals surface area contributed by atoms with Crippen molar-refractivity contribution in [3.05, 3.63) is 59.4 Å². The first kappa shape index (κ1) is 22.5. The molecular weight excluding hydrogens is 387 g/mol. The smallest absolute Gasteiger partial charge is 0.131 e. The lowest BCUT2D eigenvalue weighted by atomic mass is 10.1. The standard InChI is InChI=1S/C23H31FN2O4/c1-29-21-6-5-19(23(24)14-21)16-26-9-8-25(17-20(26)7-10-27)15-18-3-2-4-22(13-18)30-12-11-28/h2-6,13-14,20,27-28H,7-12,15-17H2,1H3/t20-/m0/s1. The number of benzene rings is 2. The van der Waals surface area contributed by atoms with Crippen molar-refractivity contribution in [1.82, 2.24) is 9.80 Å². The number of aliphatic hydroxyl groups excluding tert-OH is 2. The van der Waals surface area contributed by atoms with E-state index in [9.17, 15) is 9.50 Å². The van der Waals surface area contributed by atoms with Crippen LogP contribution in [-0.2, 0) is 13.1 Å². The zero-order valence-electron chi connectivity index (χ0n) is 17.5. The third-order valence-corrected chi connectivity index (χ3v) is 5.45. The maximum atomic E-state index is 14.4. The number of halogens is 1. The average Bonchev–Trinajstić information content (AvgIpc) is 2.75. The number of hydrogen-bond acceptors (Lipinski definition) is 6. The van der Waals surface area contributed by atoms with Crippen LogP contribution in [0, 0.1) is 5.82 Å². The van der Waals surface area contributed by atoms with E-state index in [2.05, 4.69) is 15.9 Å². The van der Waals surface area contributed by atoms with Gasteiger partial charge in [0.1, 0.15) is 23.9 Å². The molecule has 0 amide bonds. The Kier molecular flexibility index (Phi) is 8.45. The molecule has 3 rings (SSSR count). The Bertz CT molecular complexity index is 805. The van der Waals surface area contributed by atoms with Gasteiger partial charge in [0.2, 0.25) is 0 Å². The van der Waals surface area contributed by atoms with Crippen LogP contribution in [0.15, 0.2) is 42.5 Å². The quantitative estimate of drug-likeness (QED) is 0.617. The maximum absolute atomic E-state index is 14.4. The Balaban J connectivity index is 1.62. The molecule has 1 fully saturated rings. The van der Waals surface area contributed by atoms with Crippen molar-refractivity contribution in [3.8, 4) is 11.5 Å². The van der Waals surface area contributed by atoms with Crippen LogP contribution >= 0.6 is 0 Å². The molecule has 2 aromatic carbocycles. The fraction of sp³-hybridized carbons (Fsp3) is 0.478. The molecule has 2 aromatic rings. The van der Waals surface area contributed by atoms with Crippen molar-refractivity contribution in [2.24, 2.45) is 0 Å². The van der Waals surface area contributed by atoms with Crippen LogP contribution in [0.1, 0.15) is 17.5 Å². The lowest BCUT2D eigenvalue weighted by molar-refractivity contribution is 0.0492. The highest BCUT2D eigenvalue weighted by atomic mass is 19.1. The molecule has 1 atom stereocenters. The summed E-state index contributed by atoms with van der Waals surface area (Å²) in [4.78, 5) is 4.60. The molecule has 164 valence electrons. The molecule has 0 saturated carbocycles. The maximum Gasteiger partial charge on any atom is 0.131 e. The van der Waals surface area contributed by atoms with Crippen molar-refractivity contribution in [3.63, 3.8) is 0 Å². The molecule has 0 aliphatic carbocycles. The minimum Gasteiger partial charge on any atom is -0.497 e. The summed E-state index contributed by atoms with van der Waals surface area (Å²) >= 11 is 0. The van der Waals surface area contributed by atoms with Gasteiger partial charge in [0, 0.05) is 57.0 Å². The van der Waals surface area contributed by atoms with E-state index >= 15 is 0 Å². The first-order chi connectivity index (χ1) is 14.6. The molecule has 6 nitrogen and oxygen atoms in total. The third kappa shape index (κ3) is 6.15. The fourth-order valence-electron chi connectivity index (χ4n) is 3.89. The normalized spacial score (nSPS) is 17.8. The van der Waals surface area contributed by atoms with Gasteiger partial charge in [0.25, 0.3) is 0 Å². The first-order valence-corrected chi connectivity index (χ1v) is 10.3. The number of rotatable bonds is 10. The van der Waals surface area contributed by atoms with Crippen molar-refractivity contribution < 1.29 is 24.1 Å². The highest BCUT2D eigenvalue weighted by molar-refractivity contribution is 5.29. The van der Waals surface area contributed by atoms with E-state index in [0.717, 1.165) is 37.5 Å². The topological polar surface area (TPSA) is 65.4 Å². The van der Waals surface area contributed by atoms with E-state index < -0.39 is 0 Å². The van der Waals surface area contributed by atoms with Crippen molar-refractivity contribution in [1.29, 1.82) is 0 Å². The van der Waals surface area contributed by atoms with Gasteiger partial charge in [-0.3, -0.25) is 9.80 Å². The summed E-state index contributed by atoms with van der Waals surface area (Å²) in [6.07, 6.45) is 0.647. The molecule has 0 radical (unpaired) electrons. The Labute approximate surface area is 177 Å². The number of hydrogen-bond donors (Lipinski definition) is 2. The summed E-state index contributed by atoms with van der Waals surface area (Å²) in [6.45, 7) is 4.14. The monoisotopic (exact) mass is 418 g/mol. The lowest BCUT2D eigenvalue weighted by Gasteiger charge is -2.41. The molecule has 2 N–H and O–H groups in total. The van der Waals surface area contributed by atoms with Gasteiger partial charge in [-0.05, 0) is 30.2 Å². The lowest BCUT2D eigenvalue weighted by Crippen LogP contribution is -2.52. The Morgan fingerprint density at radius 2 is 1.90 bits per heavy atom. The second-order valence-electron chi connectivity index (χ2n) is 7.55. The van der Waals surface area contributed by atoms with Crippen molar-refractivity contribution in [2.75, 3.05) is 46.6 Å². The highest BCUT2D eigenvalue weighted by Crippen LogP contribution is 2.23. The van der Waals surface area contributed by atoms with E-state index in [1.165, 1.54) is 13.2 Å². The van der Waals surface area contributed by atoms with Crippen LogP contribution in [0.3, 0.4) is 0 Å². The second-order valence-corrected chi connectivity index (χ2v) is 7.55.